The number of amides is 2. The lowest BCUT2D eigenvalue weighted by molar-refractivity contribution is -0.123. The molecule has 41 heavy (non-hydrogen) atoms. The van der Waals surface area contributed by atoms with Gasteiger partial charge >= 0.3 is 0 Å². The zero-order valence-corrected chi connectivity index (χ0v) is 23.1. The summed E-state index contributed by atoms with van der Waals surface area (Å²) in [4.78, 5) is 37.9. The van der Waals surface area contributed by atoms with E-state index in [1.165, 1.54) is 29.8 Å². The Morgan fingerprint density at radius 3 is 2.12 bits per heavy atom. The third-order valence-electron chi connectivity index (χ3n) is 7.88. The van der Waals surface area contributed by atoms with Gasteiger partial charge in [-0.15, -0.1) is 0 Å². The molecule has 1 atom stereocenters. The number of carbonyl (C=O) groups is 3. The lowest BCUT2D eigenvalue weighted by Crippen LogP contribution is -2.44. The van der Waals surface area contributed by atoms with Crippen molar-refractivity contribution in [2.24, 2.45) is 0 Å². The van der Waals surface area contributed by atoms with Crippen LogP contribution in [0, 0.1) is 11.6 Å². The number of nitrogens with one attached hydrogen (secondary N) is 1. The molecule has 2 heterocycles. The molecule has 0 unspecified atom stereocenters. The monoisotopic (exact) mass is 563 g/mol. The van der Waals surface area contributed by atoms with Crippen LogP contribution in [0.1, 0.15) is 53.9 Å². The maximum Gasteiger partial charge on any atom is 0.290 e. The van der Waals surface area contributed by atoms with Gasteiger partial charge in [-0.25, -0.2) is 8.78 Å². The first-order valence-electron chi connectivity index (χ1n) is 13.8. The van der Waals surface area contributed by atoms with Crippen molar-refractivity contribution in [3.63, 3.8) is 0 Å². The first kappa shape index (κ1) is 29.9. The molecular formula is C32H35F2N3O4. The van der Waals surface area contributed by atoms with E-state index in [0.29, 0.717) is 30.1 Å². The molecule has 5 rings (SSSR count). The number of carboxylic acid groups (broad SMARTS) is 1. The van der Waals surface area contributed by atoms with Crippen LogP contribution < -0.4 is 5.32 Å². The summed E-state index contributed by atoms with van der Waals surface area (Å²) < 4.78 is 28.1. The van der Waals surface area contributed by atoms with E-state index in [9.17, 15) is 18.4 Å². The van der Waals surface area contributed by atoms with Crippen LogP contribution in [0.25, 0.3) is 11.1 Å². The predicted molar refractivity (Wildman–Crippen MR) is 154 cm³/mol. The van der Waals surface area contributed by atoms with Crippen LogP contribution in [-0.2, 0) is 9.59 Å². The number of halogens is 2. The molecule has 216 valence electrons. The highest BCUT2D eigenvalue weighted by atomic mass is 19.1. The molecule has 0 spiro atoms. The molecule has 2 N–H and O–H groups in total. The van der Waals surface area contributed by atoms with E-state index >= 15 is 0 Å². The first-order valence-corrected chi connectivity index (χ1v) is 13.8. The number of carbonyl (C=O) groups excluding carboxylic acids is 2. The molecule has 0 aliphatic carbocycles. The molecule has 0 radical (unpaired) electrons. The molecule has 2 aliphatic heterocycles. The van der Waals surface area contributed by atoms with Gasteiger partial charge in [0, 0.05) is 18.8 Å². The average Bonchev–Trinajstić information content (AvgIpc) is 2.98. The smallest absolute Gasteiger partial charge is 0.290 e. The van der Waals surface area contributed by atoms with Gasteiger partial charge in [0.25, 0.3) is 12.4 Å². The molecule has 2 saturated heterocycles. The van der Waals surface area contributed by atoms with Crippen LogP contribution in [0.4, 0.5) is 14.5 Å². The minimum Gasteiger partial charge on any atom is -0.483 e. The van der Waals surface area contributed by atoms with Gasteiger partial charge in [-0.3, -0.25) is 19.3 Å². The minimum atomic E-state index is -0.573. The van der Waals surface area contributed by atoms with Gasteiger partial charge < -0.3 is 15.3 Å². The average molecular weight is 564 g/mol. The Morgan fingerprint density at radius 1 is 0.878 bits per heavy atom. The summed E-state index contributed by atoms with van der Waals surface area (Å²) in [6.07, 6.45) is 4.69. The lowest BCUT2D eigenvalue weighted by atomic mass is 9.89. The standard InChI is InChI=1S/C31H33F2N3O2.CH2O2/c1-35-17-3-2-4-29(35)30(37)34-26-12-7-21(8-13-26)23-15-18-36(19-16-23)31(38)27-14-9-24(20-28(27)33)22-5-10-25(32)11-6-22;2-1-3/h5-14,20,23,29H,2-4,15-19H2,1H3,(H,34,37);1H,(H,2,3)/t29-;/m1./s1. The van der Waals surface area contributed by atoms with E-state index < -0.39 is 5.82 Å². The van der Waals surface area contributed by atoms with Crippen LogP contribution >= 0.6 is 0 Å². The Hall–Kier alpha value is -4.11. The summed E-state index contributed by atoms with van der Waals surface area (Å²) in [5, 5.41) is 9.94. The number of rotatable bonds is 5. The molecule has 0 aromatic heterocycles. The third-order valence-corrected chi connectivity index (χ3v) is 7.88. The van der Waals surface area contributed by atoms with Gasteiger partial charge in [0.05, 0.1) is 11.6 Å². The molecular weight excluding hydrogens is 528 g/mol. The number of likely N-dealkylation sites (N-methyl/N-ethyl adjacent to an activating group) is 1. The molecule has 3 aromatic rings. The van der Waals surface area contributed by atoms with E-state index in [1.807, 2.05) is 19.2 Å². The summed E-state index contributed by atoms with van der Waals surface area (Å²) >= 11 is 0. The zero-order chi connectivity index (χ0) is 29.4. The summed E-state index contributed by atoms with van der Waals surface area (Å²) in [6.45, 7) is 1.80. The highest BCUT2D eigenvalue weighted by molar-refractivity contribution is 5.95. The predicted octanol–water partition coefficient (Wildman–Crippen LogP) is 5.78. The number of piperidine rings is 2. The normalized spacial score (nSPS) is 17.7. The van der Waals surface area contributed by atoms with E-state index in [0.717, 1.165) is 44.3 Å². The van der Waals surface area contributed by atoms with Crippen LogP contribution in [0.5, 0.6) is 0 Å². The largest absolute Gasteiger partial charge is 0.483 e. The molecule has 3 aromatic carbocycles. The minimum absolute atomic E-state index is 0.0460. The van der Waals surface area contributed by atoms with E-state index in [2.05, 4.69) is 22.3 Å². The Kier molecular flexibility index (Phi) is 10.2. The molecule has 2 fully saturated rings. The van der Waals surface area contributed by atoms with Crippen molar-refractivity contribution in [3.8, 4) is 11.1 Å². The highest BCUT2D eigenvalue weighted by Gasteiger charge is 2.27. The van der Waals surface area contributed by atoms with Crippen molar-refractivity contribution in [1.29, 1.82) is 0 Å². The van der Waals surface area contributed by atoms with Crippen molar-refractivity contribution < 1.29 is 28.3 Å². The van der Waals surface area contributed by atoms with Crippen LogP contribution in [0.2, 0.25) is 0 Å². The van der Waals surface area contributed by atoms with Crippen molar-refractivity contribution in [3.05, 3.63) is 89.5 Å². The zero-order valence-electron chi connectivity index (χ0n) is 23.1. The van der Waals surface area contributed by atoms with Gasteiger partial charge in [0.2, 0.25) is 5.91 Å². The lowest BCUT2D eigenvalue weighted by Gasteiger charge is -2.32. The van der Waals surface area contributed by atoms with Crippen LogP contribution in [0.3, 0.4) is 0 Å². The number of anilines is 1. The van der Waals surface area contributed by atoms with Gasteiger partial charge in [-0.1, -0.05) is 36.8 Å². The van der Waals surface area contributed by atoms with Gasteiger partial charge in [0.1, 0.15) is 11.6 Å². The number of hydrogen-bond acceptors (Lipinski definition) is 4. The SMILES string of the molecule is CN1CCCC[C@@H]1C(=O)Nc1ccc(C2CCN(C(=O)c3ccc(-c4ccc(F)cc4)cc3F)CC2)cc1.O=CO. The third kappa shape index (κ3) is 7.55. The second-order valence-electron chi connectivity index (χ2n) is 10.5. The molecule has 0 bridgehead atoms. The maximum atomic E-state index is 14.9. The summed E-state index contributed by atoms with van der Waals surface area (Å²) in [6, 6.07) is 18.3. The highest BCUT2D eigenvalue weighted by Crippen LogP contribution is 2.30. The second-order valence-corrected chi connectivity index (χ2v) is 10.5. The number of nitrogens with zero attached hydrogens (tertiary/aromatic N) is 2. The quantitative estimate of drug-likeness (QED) is 0.385. The van der Waals surface area contributed by atoms with Crippen molar-refractivity contribution >= 4 is 24.0 Å². The van der Waals surface area contributed by atoms with Crippen molar-refractivity contribution in [1.82, 2.24) is 9.80 Å². The fourth-order valence-corrected chi connectivity index (χ4v) is 5.57. The summed E-state index contributed by atoms with van der Waals surface area (Å²) in [7, 11) is 2.00. The van der Waals surface area contributed by atoms with E-state index in [1.54, 1.807) is 23.1 Å². The second kappa shape index (κ2) is 14.0. The van der Waals surface area contributed by atoms with Crippen molar-refractivity contribution in [2.45, 2.75) is 44.1 Å². The van der Waals surface area contributed by atoms with Gasteiger partial charge in [-0.05, 0) is 98.3 Å². The Balaban J connectivity index is 0.00000124. The fourth-order valence-electron chi connectivity index (χ4n) is 5.57. The van der Waals surface area contributed by atoms with Crippen molar-refractivity contribution in [2.75, 3.05) is 32.0 Å². The Bertz CT molecular complexity index is 1340. The van der Waals surface area contributed by atoms with Gasteiger partial charge in [0.15, 0.2) is 0 Å². The number of hydrogen-bond donors (Lipinski definition) is 2. The Labute approximate surface area is 238 Å². The number of likely N-dealkylation sites (tertiary alicyclic amines) is 2. The molecule has 0 saturated carbocycles. The topological polar surface area (TPSA) is 90.0 Å². The molecule has 7 nitrogen and oxygen atoms in total. The fraction of sp³-hybridized carbons (Fsp3) is 0.344. The maximum absolute atomic E-state index is 14.9. The molecule has 2 aliphatic rings. The summed E-state index contributed by atoms with van der Waals surface area (Å²) in [5.41, 5.74) is 3.32. The molecule has 2 amide bonds. The van der Waals surface area contributed by atoms with E-state index in [-0.39, 0.29) is 35.7 Å². The Morgan fingerprint density at radius 2 is 1.51 bits per heavy atom. The first-order chi connectivity index (χ1) is 19.8. The number of benzene rings is 3. The molecule has 9 heteroatoms. The van der Waals surface area contributed by atoms with Gasteiger partial charge in [-0.2, -0.15) is 0 Å². The van der Waals surface area contributed by atoms with Crippen LogP contribution in [-0.4, -0.2) is 65.9 Å². The summed E-state index contributed by atoms with van der Waals surface area (Å²) in [5.74, 6) is -0.883. The van der Waals surface area contributed by atoms with E-state index in [4.69, 9.17) is 9.90 Å². The van der Waals surface area contributed by atoms with Crippen LogP contribution in [0.15, 0.2) is 66.7 Å².